The van der Waals surface area contributed by atoms with Crippen LogP contribution in [0.25, 0.3) is 33.4 Å². The van der Waals surface area contributed by atoms with Crippen LogP contribution in [0.2, 0.25) is 0 Å². The maximum Gasteiger partial charge on any atom is 0.123 e. The second kappa shape index (κ2) is 38.8. The molecule has 3 aliphatic heterocycles. The van der Waals surface area contributed by atoms with Gasteiger partial charge >= 0.3 is 0 Å². The van der Waals surface area contributed by atoms with Crippen LogP contribution in [0, 0.1) is 0 Å². The normalized spacial score (nSPS) is 10.9. The fourth-order valence-electron chi connectivity index (χ4n) is 12.3. The van der Waals surface area contributed by atoms with Crippen molar-refractivity contribution in [2.24, 2.45) is 0 Å². The summed E-state index contributed by atoms with van der Waals surface area (Å²) in [6, 6.07) is 150. The van der Waals surface area contributed by atoms with Crippen LogP contribution in [-0.2, 0) is 63.2 Å². The van der Waals surface area contributed by atoms with Crippen molar-refractivity contribution in [2.45, 2.75) is 0 Å². The molecule has 0 saturated carbocycles. The maximum absolute atomic E-state index is 2.24. The number of hydrogen-bond donors (Lipinski definition) is 0. The first-order valence-corrected chi connectivity index (χ1v) is 40.2. The van der Waals surface area contributed by atoms with Gasteiger partial charge in [-0.05, 0) is 143 Å². The molecule has 15 aromatic carbocycles. The zero-order valence-electron chi connectivity index (χ0n) is 54.3. The van der Waals surface area contributed by atoms with Gasteiger partial charge in [0.05, 0.1) is 23.8 Å². The van der Waals surface area contributed by atoms with E-state index in [0.29, 0.717) is 0 Å². The molecule has 3 heterocycles. The van der Waals surface area contributed by atoms with Crippen LogP contribution in [0.15, 0.2) is 419 Å². The van der Waals surface area contributed by atoms with Crippen LogP contribution < -0.4 is 78.9 Å². The molecule has 486 valence electrons. The second-order valence-corrected chi connectivity index (χ2v) is 34.5. The predicted molar refractivity (Wildman–Crippen MR) is 430 cm³/mol. The molecule has 0 amide bonds. The number of hydrogen-bond acceptors (Lipinski definition) is 0. The fourth-order valence-corrected chi connectivity index (χ4v) is 24.1. The van der Waals surface area contributed by atoms with Crippen molar-refractivity contribution >= 4 is 131 Å². The second-order valence-electron chi connectivity index (χ2n) is 23.1. The van der Waals surface area contributed by atoms with Crippen LogP contribution in [0.5, 0.6) is 0 Å². The van der Waals surface area contributed by atoms with Gasteiger partial charge in [-0.2, -0.15) is 0 Å². The molecular weight excluding hydrogens is 1840 g/mol. The Hall–Kier alpha value is -7.69. The summed E-state index contributed by atoms with van der Waals surface area (Å²) in [7, 11) is -0.0796. The van der Waals surface area contributed by atoms with Crippen molar-refractivity contribution in [3.8, 4) is 33.4 Å². The van der Waals surface area contributed by atoms with Gasteiger partial charge in [0, 0.05) is 63.2 Å². The average molecular weight is 1920 g/mol. The third-order valence-electron chi connectivity index (χ3n) is 16.8. The van der Waals surface area contributed by atoms with Crippen molar-refractivity contribution < 1.29 is 63.2 Å². The van der Waals surface area contributed by atoms with Crippen LogP contribution in [0.3, 0.4) is 0 Å². The molecule has 0 bridgehead atoms. The van der Waals surface area contributed by atoms with Gasteiger partial charge in [0.25, 0.3) is 0 Å². The minimum atomic E-state index is -0.877. The van der Waals surface area contributed by atoms with Crippen LogP contribution in [0.1, 0.15) is 0 Å². The largest absolute Gasteiger partial charge is 0.123 e. The topological polar surface area (TPSA) is 0 Å². The molecule has 0 fully saturated rings. The van der Waals surface area contributed by atoms with Gasteiger partial charge in [-0.15, -0.1) is 0 Å². The summed E-state index contributed by atoms with van der Waals surface area (Å²) in [4.78, 5) is 0. The molecule has 99 heavy (non-hydrogen) atoms. The smallest absolute Gasteiger partial charge is 0.0625 e. The molecule has 0 N–H and O–H groups in total. The molecule has 0 aliphatic carbocycles. The van der Waals surface area contributed by atoms with E-state index >= 15 is 0 Å². The molecule has 9 heteroatoms. The molecule has 0 nitrogen and oxygen atoms in total. The number of fused-ring (bicyclic) bond motifs is 9. The van der Waals surface area contributed by atoms with Gasteiger partial charge in [-0.3, -0.25) is 0 Å². The van der Waals surface area contributed by atoms with E-state index in [1.54, 1.807) is 0 Å². The van der Waals surface area contributed by atoms with E-state index in [9.17, 15) is 0 Å². The molecule has 0 spiro atoms. The van der Waals surface area contributed by atoms with E-state index in [0.717, 1.165) is 28.6 Å². The molecule has 3 aliphatic rings. The Morgan fingerprint density at radius 2 is 0.222 bits per heavy atom. The number of benzene rings is 15. The molecule has 0 saturated heterocycles. The van der Waals surface area contributed by atoms with Crippen LogP contribution >= 0.6 is 23.8 Å². The molecule has 6 radical (unpaired) electrons. The Balaban J connectivity index is 0.000000129. The first-order valence-electron chi connectivity index (χ1n) is 32.7. The average Bonchev–Trinajstić information content (AvgIpc) is 1.73. The van der Waals surface area contributed by atoms with Crippen molar-refractivity contribution in [3.63, 3.8) is 0 Å². The Bertz CT molecular complexity index is 3950. The van der Waals surface area contributed by atoms with Crippen molar-refractivity contribution in [3.05, 3.63) is 419 Å². The first-order chi connectivity index (χ1) is 47.7. The summed E-state index contributed by atoms with van der Waals surface area (Å²) < 4.78 is 0. The van der Waals surface area contributed by atoms with Gasteiger partial charge in [0.15, 0.2) is 0 Å². The summed E-state index contributed by atoms with van der Waals surface area (Å²) in [5.41, 5.74) is 8.56. The molecule has 18 rings (SSSR count). The zero-order chi connectivity index (χ0) is 64.8. The van der Waals surface area contributed by atoms with Gasteiger partial charge in [0.1, 0.15) is 76.3 Å². The van der Waals surface area contributed by atoms with E-state index < -0.39 is 23.8 Å². The Morgan fingerprint density at radius 3 is 0.343 bits per heavy atom. The molecule has 0 aromatic heterocycles. The van der Waals surface area contributed by atoms with E-state index in [4.69, 9.17) is 0 Å². The minimum absolute atomic E-state index is 0. The third-order valence-corrected chi connectivity index (χ3v) is 29.2. The maximum atomic E-state index is 2.24. The first kappa shape index (κ1) is 74.0. The molecule has 0 atom stereocenters. The van der Waals surface area contributed by atoms with E-state index in [2.05, 4.69) is 419 Å². The van der Waals surface area contributed by atoms with Gasteiger partial charge in [-0.1, -0.05) is 341 Å². The molecular formula is C90H72P3Pt3Si3+3. The Labute approximate surface area is 640 Å². The Kier molecular flexibility index (Phi) is 29.0. The summed E-state index contributed by atoms with van der Waals surface area (Å²) in [6.07, 6.45) is 0. The standard InChI is InChI=1S/3C18H15P.3C12H8Si.3Pt/c3*1-4-10-16(11-5-1)19(17-12-6-2-7-13-17)18-14-8-3-9-15-18;3*1-3-7-11-9(5-1)10-6-2-4-8-12(10)13-11;;;/h3*1-15H;3*1-8H;;;/p+3. The van der Waals surface area contributed by atoms with E-state index in [1.165, 1.54) is 112 Å². The monoisotopic (exact) mass is 1910 g/mol. The van der Waals surface area contributed by atoms with Crippen LogP contribution in [0.4, 0.5) is 0 Å². The SMILES string of the molecule is [Pt].[Pt].[Pt].c1ccc([PH+](c2ccccc2)c2ccccc2)cc1.c1ccc([PH+](c2ccccc2)c2ccccc2)cc1.c1ccc([PH+](c2ccccc2)c2ccccc2)cc1.c1ccc2c(c1)[Si]c1ccccc1-2.c1ccc2c(c1)[Si]c1ccccc1-2.c1ccc2c(c1)[Si]c1ccccc1-2. The van der Waals surface area contributed by atoms with E-state index in [1.807, 2.05) is 0 Å². The predicted octanol–water partition coefficient (Wildman–Crippen LogP) is 13.5. The van der Waals surface area contributed by atoms with Crippen molar-refractivity contribution in [1.29, 1.82) is 0 Å². The minimum Gasteiger partial charge on any atom is -0.0625 e. The number of rotatable bonds is 9. The van der Waals surface area contributed by atoms with Crippen molar-refractivity contribution in [2.75, 3.05) is 0 Å². The quantitative estimate of drug-likeness (QED) is 0.0998. The van der Waals surface area contributed by atoms with Gasteiger partial charge in [-0.25, -0.2) is 0 Å². The third kappa shape index (κ3) is 19.4. The van der Waals surface area contributed by atoms with Crippen LogP contribution in [-0.4, -0.2) is 28.6 Å². The van der Waals surface area contributed by atoms with E-state index in [-0.39, 0.29) is 63.2 Å². The van der Waals surface area contributed by atoms with Gasteiger partial charge in [0.2, 0.25) is 0 Å². The summed E-state index contributed by atoms with van der Waals surface area (Å²) >= 11 is 0. The van der Waals surface area contributed by atoms with Gasteiger partial charge < -0.3 is 0 Å². The molecule has 0 unspecified atom stereocenters. The summed E-state index contributed by atoms with van der Waals surface area (Å²) in [5.74, 6) is 0. The summed E-state index contributed by atoms with van der Waals surface area (Å²) in [6.45, 7) is 0. The van der Waals surface area contributed by atoms with Crippen molar-refractivity contribution in [1.82, 2.24) is 0 Å². The molecule has 15 aromatic rings. The Morgan fingerprint density at radius 1 is 0.121 bits per heavy atom. The zero-order valence-corrected chi connectivity index (χ0v) is 67.1. The summed E-state index contributed by atoms with van der Waals surface area (Å²) in [5, 5.41) is 21.9. The fraction of sp³-hybridized carbons (Fsp3) is 0.